The van der Waals surface area contributed by atoms with Crippen LogP contribution in [0.1, 0.15) is 29.5 Å². The van der Waals surface area contributed by atoms with Crippen molar-refractivity contribution in [3.63, 3.8) is 0 Å². The average Bonchev–Trinajstić information content (AvgIpc) is 3.01. The third-order valence-corrected chi connectivity index (χ3v) is 5.11. The Bertz CT molecular complexity index is 1040. The number of hydrogen-bond donors (Lipinski definition) is 1. The number of anilines is 1. The Labute approximate surface area is 151 Å². The van der Waals surface area contributed by atoms with E-state index in [9.17, 15) is 13.2 Å². The maximum Gasteiger partial charge on any atom is 0.264 e. The van der Waals surface area contributed by atoms with E-state index in [1.54, 1.807) is 30.7 Å². The van der Waals surface area contributed by atoms with Crippen LogP contribution in [0, 0.1) is 6.92 Å². The average molecular weight is 370 g/mol. The van der Waals surface area contributed by atoms with Crippen LogP contribution in [-0.4, -0.2) is 29.0 Å². The number of hydrogen-bond acceptors (Lipinski definition) is 5. The molecule has 1 heterocycles. The lowest BCUT2D eigenvalue weighted by molar-refractivity contribution is 0.0988. The number of para-hydroxylation sites is 1. The largest absolute Gasteiger partial charge is 0.294 e. The molecule has 0 spiro atoms. The van der Waals surface area contributed by atoms with Gasteiger partial charge in [-0.15, -0.1) is 5.10 Å². The van der Waals surface area contributed by atoms with Gasteiger partial charge >= 0.3 is 0 Å². The molecule has 0 saturated heterocycles. The van der Waals surface area contributed by atoms with E-state index < -0.39 is 10.0 Å². The van der Waals surface area contributed by atoms with E-state index in [-0.39, 0.29) is 16.6 Å². The Hall–Kier alpha value is -3.00. The number of carbonyl (C=O) groups is 1. The number of Topliss-reactive ketones (excluding diaryl/α,β-unsaturated/α-hetero) is 1. The zero-order chi connectivity index (χ0) is 18.7. The van der Waals surface area contributed by atoms with Crippen LogP contribution < -0.4 is 4.72 Å². The number of aryl methyl sites for hydroxylation is 1. The predicted molar refractivity (Wildman–Crippen MR) is 98.0 cm³/mol. The summed E-state index contributed by atoms with van der Waals surface area (Å²) in [4.78, 5) is 16.0. The second-order valence-electron chi connectivity index (χ2n) is 5.64. The van der Waals surface area contributed by atoms with Crippen LogP contribution in [0.25, 0.3) is 5.69 Å². The van der Waals surface area contributed by atoms with Gasteiger partial charge in [-0.2, -0.15) is 4.98 Å². The summed E-state index contributed by atoms with van der Waals surface area (Å²) in [6.45, 7) is 3.46. The Morgan fingerprint density at radius 2 is 1.85 bits per heavy atom. The van der Waals surface area contributed by atoms with E-state index in [0.29, 0.717) is 17.8 Å². The van der Waals surface area contributed by atoms with Crippen LogP contribution in [-0.2, 0) is 10.0 Å². The minimum Gasteiger partial charge on any atom is -0.294 e. The summed E-state index contributed by atoms with van der Waals surface area (Å²) >= 11 is 0. The van der Waals surface area contributed by atoms with Crippen molar-refractivity contribution in [3.8, 4) is 5.69 Å². The van der Waals surface area contributed by atoms with Crippen molar-refractivity contribution in [2.75, 3.05) is 4.72 Å². The van der Waals surface area contributed by atoms with Gasteiger partial charge in [0.25, 0.3) is 16.0 Å². The Morgan fingerprint density at radius 3 is 2.54 bits per heavy atom. The first kappa shape index (κ1) is 17.8. The number of aromatic nitrogens is 3. The molecule has 0 saturated carbocycles. The van der Waals surface area contributed by atoms with Gasteiger partial charge in [0.2, 0.25) is 0 Å². The molecule has 0 fully saturated rings. The van der Waals surface area contributed by atoms with Gasteiger partial charge in [0, 0.05) is 12.0 Å². The lowest BCUT2D eigenvalue weighted by Crippen LogP contribution is -2.15. The molecule has 0 unspecified atom stereocenters. The first-order valence-corrected chi connectivity index (χ1v) is 9.54. The van der Waals surface area contributed by atoms with Gasteiger partial charge in [0.1, 0.15) is 5.82 Å². The van der Waals surface area contributed by atoms with Crippen molar-refractivity contribution >= 4 is 21.8 Å². The quantitative estimate of drug-likeness (QED) is 0.673. The van der Waals surface area contributed by atoms with E-state index in [2.05, 4.69) is 14.8 Å². The molecular weight excluding hydrogens is 352 g/mol. The molecule has 8 heteroatoms. The zero-order valence-corrected chi connectivity index (χ0v) is 15.2. The Morgan fingerprint density at radius 1 is 1.12 bits per heavy atom. The second-order valence-corrected chi connectivity index (χ2v) is 7.32. The Kier molecular flexibility index (Phi) is 4.85. The van der Waals surface area contributed by atoms with Crippen LogP contribution in [0.4, 0.5) is 5.95 Å². The number of ketones is 1. The van der Waals surface area contributed by atoms with Crippen LogP contribution >= 0.6 is 0 Å². The van der Waals surface area contributed by atoms with Gasteiger partial charge in [-0.3, -0.25) is 4.79 Å². The molecule has 3 aromatic rings. The molecule has 7 nitrogen and oxygen atoms in total. The third-order valence-electron chi connectivity index (χ3n) is 3.78. The minimum atomic E-state index is -3.90. The molecule has 26 heavy (non-hydrogen) atoms. The second kappa shape index (κ2) is 7.09. The fourth-order valence-corrected chi connectivity index (χ4v) is 3.45. The molecule has 0 amide bonds. The summed E-state index contributed by atoms with van der Waals surface area (Å²) in [6.07, 6.45) is 0.305. The highest BCUT2D eigenvalue weighted by atomic mass is 32.2. The van der Waals surface area contributed by atoms with Crippen LogP contribution in [0.2, 0.25) is 0 Å². The van der Waals surface area contributed by atoms with Gasteiger partial charge in [-0.1, -0.05) is 37.3 Å². The zero-order valence-electron chi connectivity index (χ0n) is 14.4. The molecule has 1 aromatic heterocycles. The Balaban J connectivity index is 1.90. The number of rotatable bonds is 6. The number of benzene rings is 2. The molecule has 0 aliphatic carbocycles. The SMILES string of the molecule is CCC(=O)c1cccc(S(=O)(=O)Nc2nc(C)n(-c3ccccc3)n2)c1. The van der Waals surface area contributed by atoms with Crippen molar-refractivity contribution in [2.45, 2.75) is 25.2 Å². The standard InChI is InChI=1S/C18H18N4O3S/c1-3-17(23)14-8-7-11-16(12-14)26(24,25)21-18-19-13(2)22(20-18)15-9-5-4-6-10-15/h4-12H,3H2,1-2H3,(H,20,21). The summed E-state index contributed by atoms with van der Waals surface area (Å²) in [5.41, 5.74) is 1.13. The molecule has 0 radical (unpaired) electrons. The predicted octanol–water partition coefficient (Wildman–Crippen LogP) is 2.97. The maximum atomic E-state index is 12.6. The molecule has 0 atom stereocenters. The molecule has 2 aromatic carbocycles. The van der Waals surface area contributed by atoms with Gasteiger partial charge in [0.15, 0.2) is 5.78 Å². The fourth-order valence-electron chi connectivity index (χ4n) is 2.47. The number of nitrogens with one attached hydrogen (secondary N) is 1. The molecular formula is C18H18N4O3S. The first-order chi connectivity index (χ1) is 12.4. The number of sulfonamides is 1. The van der Waals surface area contributed by atoms with Crippen LogP contribution in [0.5, 0.6) is 0 Å². The van der Waals surface area contributed by atoms with Crippen LogP contribution in [0.3, 0.4) is 0 Å². The van der Waals surface area contributed by atoms with Gasteiger partial charge in [-0.25, -0.2) is 17.8 Å². The summed E-state index contributed by atoms with van der Waals surface area (Å²) < 4.78 is 29.1. The highest BCUT2D eigenvalue weighted by Crippen LogP contribution is 2.17. The third kappa shape index (κ3) is 3.65. The van der Waals surface area contributed by atoms with Crippen LogP contribution in [0.15, 0.2) is 59.5 Å². The summed E-state index contributed by atoms with van der Waals surface area (Å²) in [5, 5.41) is 4.21. The topological polar surface area (TPSA) is 94.0 Å². The lowest BCUT2D eigenvalue weighted by Gasteiger charge is -2.06. The molecule has 0 bridgehead atoms. The number of carbonyl (C=O) groups excluding carboxylic acids is 1. The van der Waals surface area contributed by atoms with E-state index in [0.717, 1.165) is 5.69 Å². The summed E-state index contributed by atoms with van der Waals surface area (Å²) in [6, 6.07) is 15.2. The monoisotopic (exact) mass is 370 g/mol. The van der Waals surface area contributed by atoms with E-state index in [4.69, 9.17) is 0 Å². The van der Waals surface area contributed by atoms with E-state index in [1.165, 1.54) is 12.1 Å². The molecule has 0 aliphatic rings. The summed E-state index contributed by atoms with van der Waals surface area (Å²) in [5.74, 6) is 0.395. The normalized spacial score (nSPS) is 11.3. The van der Waals surface area contributed by atoms with Crippen molar-refractivity contribution in [2.24, 2.45) is 0 Å². The number of nitrogens with zero attached hydrogens (tertiary/aromatic N) is 3. The van der Waals surface area contributed by atoms with Gasteiger partial charge in [0.05, 0.1) is 10.6 Å². The van der Waals surface area contributed by atoms with Gasteiger partial charge in [-0.05, 0) is 31.2 Å². The molecule has 134 valence electrons. The summed E-state index contributed by atoms with van der Waals surface area (Å²) in [7, 11) is -3.90. The lowest BCUT2D eigenvalue weighted by atomic mass is 10.1. The van der Waals surface area contributed by atoms with Crippen molar-refractivity contribution in [1.29, 1.82) is 0 Å². The van der Waals surface area contributed by atoms with E-state index in [1.807, 2.05) is 30.3 Å². The van der Waals surface area contributed by atoms with Crippen molar-refractivity contribution in [1.82, 2.24) is 14.8 Å². The minimum absolute atomic E-state index is 0.00878. The van der Waals surface area contributed by atoms with Crippen molar-refractivity contribution in [3.05, 3.63) is 66.0 Å². The van der Waals surface area contributed by atoms with Crippen molar-refractivity contribution < 1.29 is 13.2 Å². The molecule has 1 N–H and O–H groups in total. The fraction of sp³-hybridized carbons (Fsp3) is 0.167. The van der Waals surface area contributed by atoms with E-state index >= 15 is 0 Å². The highest BCUT2D eigenvalue weighted by molar-refractivity contribution is 7.92. The first-order valence-electron chi connectivity index (χ1n) is 8.06. The molecule has 0 aliphatic heterocycles. The highest BCUT2D eigenvalue weighted by Gasteiger charge is 2.19. The van der Waals surface area contributed by atoms with Gasteiger partial charge < -0.3 is 0 Å². The maximum absolute atomic E-state index is 12.6. The smallest absolute Gasteiger partial charge is 0.264 e. The molecule has 3 rings (SSSR count).